The van der Waals surface area contributed by atoms with Crippen LogP contribution in [0.3, 0.4) is 0 Å². The van der Waals surface area contributed by atoms with Crippen LogP contribution in [0.5, 0.6) is 5.75 Å². The van der Waals surface area contributed by atoms with Crippen molar-refractivity contribution in [2.45, 2.75) is 19.4 Å². The van der Waals surface area contributed by atoms with E-state index in [0.717, 1.165) is 11.0 Å². The van der Waals surface area contributed by atoms with E-state index in [1.54, 1.807) is 17.0 Å². The van der Waals surface area contributed by atoms with Gasteiger partial charge in [0.1, 0.15) is 29.5 Å². The van der Waals surface area contributed by atoms with Crippen LogP contribution >= 0.6 is 0 Å². The van der Waals surface area contributed by atoms with Crippen molar-refractivity contribution in [3.8, 4) is 5.75 Å². The molecule has 0 bridgehead atoms. The van der Waals surface area contributed by atoms with Crippen LogP contribution in [0.1, 0.15) is 24.2 Å². The van der Waals surface area contributed by atoms with Gasteiger partial charge in [-0.05, 0) is 31.2 Å². The Morgan fingerprint density at radius 3 is 2.88 bits per heavy atom. The Balaban J connectivity index is 1.60. The zero-order valence-corrected chi connectivity index (χ0v) is 13.9. The minimum atomic E-state index is -0.444. The largest absolute Gasteiger partial charge is 0.491 e. The van der Waals surface area contributed by atoms with E-state index in [0.29, 0.717) is 30.2 Å². The Bertz CT molecular complexity index is 901. The number of amides is 1. The number of furan rings is 1. The summed E-state index contributed by atoms with van der Waals surface area (Å²) in [7, 11) is 0. The fraction of sp³-hybridized carbons (Fsp3) is 0.250. The third kappa shape index (κ3) is 2.86. The summed E-state index contributed by atoms with van der Waals surface area (Å²) in [6.45, 7) is 2.77. The van der Waals surface area contributed by atoms with Crippen molar-refractivity contribution in [3.63, 3.8) is 0 Å². The minimum Gasteiger partial charge on any atom is -0.491 e. The highest BCUT2D eigenvalue weighted by molar-refractivity contribution is 5.85. The molecule has 1 aliphatic rings. The second kappa shape index (κ2) is 6.24. The molecule has 25 heavy (non-hydrogen) atoms. The van der Waals surface area contributed by atoms with Crippen molar-refractivity contribution >= 4 is 16.9 Å². The van der Waals surface area contributed by atoms with Crippen molar-refractivity contribution in [3.05, 3.63) is 65.7 Å². The Kier molecular flexibility index (Phi) is 3.92. The summed E-state index contributed by atoms with van der Waals surface area (Å²) in [5, 5.41) is 0.965. The summed E-state index contributed by atoms with van der Waals surface area (Å²) in [6, 6.07) is 14.3. The molecule has 4 nitrogen and oxygen atoms in total. The zero-order chi connectivity index (χ0) is 17.4. The Labute approximate surface area is 144 Å². The molecular weight excluding hydrogens is 321 g/mol. The molecule has 5 heteroatoms. The molecule has 0 saturated heterocycles. The number of nitrogens with zero attached hydrogens (tertiary/aromatic N) is 1. The summed E-state index contributed by atoms with van der Waals surface area (Å²) in [6.07, 6.45) is 0. The monoisotopic (exact) mass is 339 g/mol. The van der Waals surface area contributed by atoms with Gasteiger partial charge in [-0.3, -0.25) is 4.79 Å². The van der Waals surface area contributed by atoms with Gasteiger partial charge < -0.3 is 14.1 Å². The topological polar surface area (TPSA) is 42.7 Å². The molecule has 1 aliphatic heterocycles. The van der Waals surface area contributed by atoms with Crippen LogP contribution in [0.4, 0.5) is 4.39 Å². The van der Waals surface area contributed by atoms with E-state index in [2.05, 4.69) is 0 Å². The van der Waals surface area contributed by atoms with Crippen LogP contribution in [0, 0.1) is 5.82 Å². The Hall–Kier alpha value is -2.82. The number of para-hydroxylation sites is 1. The van der Waals surface area contributed by atoms with Crippen LogP contribution in [0.2, 0.25) is 0 Å². The lowest BCUT2D eigenvalue weighted by molar-refractivity contribution is -0.133. The fourth-order valence-corrected chi connectivity index (χ4v) is 3.16. The first kappa shape index (κ1) is 15.7. The van der Waals surface area contributed by atoms with Crippen molar-refractivity contribution in [1.82, 2.24) is 4.90 Å². The number of hydrogen-bond acceptors (Lipinski definition) is 3. The fourth-order valence-electron chi connectivity index (χ4n) is 3.16. The number of halogens is 1. The van der Waals surface area contributed by atoms with Gasteiger partial charge in [-0.15, -0.1) is 0 Å². The molecule has 1 unspecified atom stereocenters. The number of fused-ring (bicyclic) bond motifs is 2. The van der Waals surface area contributed by atoms with Crippen LogP contribution in [-0.2, 0) is 11.3 Å². The molecule has 2 aromatic carbocycles. The Morgan fingerprint density at radius 1 is 1.20 bits per heavy atom. The van der Waals surface area contributed by atoms with E-state index in [9.17, 15) is 9.18 Å². The van der Waals surface area contributed by atoms with Gasteiger partial charge in [0.25, 0.3) is 0 Å². The maximum absolute atomic E-state index is 14.1. The van der Waals surface area contributed by atoms with E-state index in [4.69, 9.17) is 9.15 Å². The molecule has 0 saturated carbocycles. The molecule has 128 valence electrons. The molecular formula is C20H18FNO3. The lowest BCUT2D eigenvalue weighted by Crippen LogP contribution is -2.35. The van der Waals surface area contributed by atoms with Crippen LogP contribution in [-0.4, -0.2) is 24.0 Å². The quantitative estimate of drug-likeness (QED) is 0.706. The van der Waals surface area contributed by atoms with Gasteiger partial charge in [0.15, 0.2) is 0 Å². The molecule has 1 aromatic heterocycles. The second-order valence-corrected chi connectivity index (χ2v) is 6.23. The summed E-state index contributed by atoms with van der Waals surface area (Å²) < 4.78 is 25.5. The van der Waals surface area contributed by atoms with Crippen LogP contribution in [0.25, 0.3) is 11.0 Å². The average molecular weight is 339 g/mol. The molecule has 1 amide bonds. The SMILES string of the molecule is CC(C(=O)N1CCOc2cccc(F)c2C1)c1cc2ccccc2o1. The van der Waals surface area contributed by atoms with Crippen molar-refractivity contribution in [2.75, 3.05) is 13.2 Å². The van der Waals surface area contributed by atoms with Crippen molar-refractivity contribution < 1.29 is 18.3 Å². The molecule has 1 atom stereocenters. The van der Waals surface area contributed by atoms with E-state index >= 15 is 0 Å². The molecule has 0 fully saturated rings. The van der Waals surface area contributed by atoms with Crippen molar-refractivity contribution in [2.24, 2.45) is 0 Å². The number of hydrogen-bond donors (Lipinski definition) is 0. The smallest absolute Gasteiger partial charge is 0.233 e. The maximum Gasteiger partial charge on any atom is 0.233 e. The zero-order valence-electron chi connectivity index (χ0n) is 13.9. The molecule has 4 rings (SSSR count). The van der Waals surface area contributed by atoms with Crippen LogP contribution in [0.15, 0.2) is 52.9 Å². The first-order chi connectivity index (χ1) is 12.1. The third-order valence-electron chi connectivity index (χ3n) is 4.60. The first-order valence-corrected chi connectivity index (χ1v) is 8.31. The van der Waals surface area contributed by atoms with E-state index in [1.807, 2.05) is 37.3 Å². The predicted octanol–water partition coefficient (Wildman–Crippen LogP) is 4.10. The van der Waals surface area contributed by atoms with Gasteiger partial charge in [0.05, 0.1) is 19.0 Å². The average Bonchev–Trinajstić information content (AvgIpc) is 2.93. The summed E-state index contributed by atoms with van der Waals surface area (Å²) in [4.78, 5) is 14.6. The van der Waals surface area contributed by atoms with E-state index < -0.39 is 5.92 Å². The second-order valence-electron chi connectivity index (χ2n) is 6.23. The number of rotatable bonds is 2. The van der Waals surface area contributed by atoms with Gasteiger partial charge >= 0.3 is 0 Å². The van der Waals surface area contributed by atoms with Gasteiger partial charge in [-0.1, -0.05) is 24.3 Å². The summed E-state index contributed by atoms with van der Waals surface area (Å²) in [5.41, 5.74) is 1.18. The standard InChI is InChI=1S/C20H18FNO3/c1-13(19-11-14-5-2-3-7-17(14)25-19)20(23)22-9-10-24-18-8-4-6-16(21)15(18)12-22/h2-8,11,13H,9-10,12H2,1H3. The van der Waals surface area contributed by atoms with Gasteiger partial charge in [-0.25, -0.2) is 4.39 Å². The number of carbonyl (C=O) groups excluding carboxylic acids is 1. The van der Waals surface area contributed by atoms with Gasteiger partial charge in [0.2, 0.25) is 5.91 Å². The lowest BCUT2D eigenvalue weighted by Gasteiger charge is -2.22. The van der Waals surface area contributed by atoms with Crippen molar-refractivity contribution in [1.29, 1.82) is 0 Å². The predicted molar refractivity (Wildman–Crippen MR) is 91.9 cm³/mol. The van der Waals surface area contributed by atoms with E-state index in [1.165, 1.54) is 6.07 Å². The molecule has 2 heterocycles. The molecule has 0 aliphatic carbocycles. The maximum atomic E-state index is 14.1. The molecule has 0 radical (unpaired) electrons. The Morgan fingerprint density at radius 2 is 2.04 bits per heavy atom. The summed E-state index contributed by atoms with van der Waals surface area (Å²) >= 11 is 0. The normalized spacial score (nSPS) is 15.4. The van der Waals surface area contributed by atoms with Crippen LogP contribution < -0.4 is 4.74 Å². The number of benzene rings is 2. The number of ether oxygens (including phenoxy) is 1. The molecule has 0 spiro atoms. The van der Waals surface area contributed by atoms with E-state index in [-0.39, 0.29) is 18.3 Å². The van der Waals surface area contributed by atoms with Gasteiger partial charge in [0, 0.05) is 10.9 Å². The molecule has 0 N–H and O–H groups in total. The first-order valence-electron chi connectivity index (χ1n) is 8.31. The highest BCUT2D eigenvalue weighted by Crippen LogP contribution is 2.29. The highest BCUT2D eigenvalue weighted by Gasteiger charge is 2.28. The number of carbonyl (C=O) groups is 1. The molecule has 3 aromatic rings. The van der Waals surface area contributed by atoms with Gasteiger partial charge in [-0.2, -0.15) is 0 Å². The summed E-state index contributed by atoms with van der Waals surface area (Å²) in [5.74, 6) is 0.227. The minimum absolute atomic E-state index is 0.0984. The third-order valence-corrected chi connectivity index (χ3v) is 4.60. The highest BCUT2D eigenvalue weighted by atomic mass is 19.1. The lowest BCUT2D eigenvalue weighted by atomic mass is 10.1.